The van der Waals surface area contributed by atoms with Gasteiger partial charge in [-0.1, -0.05) is 13.0 Å². The summed E-state index contributed by atoms with van der Waals surface area (Å²) in [5.41, 5.74) is 0.975. The number of ketones is 1. The number of carbonyl (C=O) groups is 1. The summed E-state index contributed by atoms with van der Waals surface area (Å²) in [5.74, 6) is 0.175. The molecule has 2 unspecified atom stereocenters. The first-order valence-electron chi connectivity index (χ1n) is 6.06. The van der Waals surface area contributed by atoms with Crippen LogP contribution in [0.5, 0.6) is 0 Å². The highest BCUT2D eigenvalue weighted by atomic mass is 19.1. The molecule has 17 heavy (non-hydrogen) atoms. The van der Waals surface area contributed by atoms with Crippen LogP contribution in [-0.4, -0.2) is 18.4 Å². The van der Waals surface area contributed by atoms with Gasteiger partial charge in [-0.3, -0.25) is 4.79 Å². The van der Waals surface area contributed by atoms with E-state index >= 15 is 0 Å². The largest absolute Gasteiger partial charge is 0.366 e. The molecule has 1 aromatic carbocycles. The fourth-order valence-electron chi connectivity index (χ4n) is 2.70. The maximum atomic E-state index is 14.0. The van der Waals surface area contributed by atoms with Crippen LogP contribution in [-0.2, 0) is 0 Å². The summed E-state index contributed by atoms with van der Waals surface area (Å²) in [5, 5.41) is 0. The van der Waals surface area contributed by atoms with Crippen molar-refractivity contribution in [3.63, 3.8) is 0 Å². The van der Waals surface area contributed by atoms with Crippen LogP contribution in [0.2, 0.25) is 0 Å². The predicted octanol–water partition coefficient (Wildman–Crippen LogP) is 3.26. The van der Waals surface area contributed by atoms with Gasteiger partial charge in [-0.25, -0.2) is 4.39 Å². The molecule has 0 amide bonds. The van der Waals surface area contributed by atoms with E-state index in [0.717, 1.165) is 13.0 Å². The van der Waals surface area contributed by atoms with E-state index in [1.54, 1.807) is 12.1 Å². The highest BCUT2D eigenvalue weighted by Crippen LogP contribution is 2.33. The lowest BCUT2D eigenvalue weighted by Crippen LogP contribution is -2.29. The summed E-state index contributed by atoms with van der Waals surface area (Å²) in [6, 6.07) is 5.02. The van der Waals surface area contributed by atoms with Crippen LogP contribution in [0.25, 0.3) is 0 Å². The van der Waals surface area contributed by atoms with Crippen LogP contribution < -0.4 is 4.90 Å². The summed E-state index contributed by atoms with van der Waals surface area (Å²) >= 11 is 0. The van der Waals surface area contributed by atoms with E-state index in [9.17, 15) is 9.18 Å². The molecule has 0 N–H and O–H groups in total. The third-order valence-corrected chi connectivity index (χ3v) is 3.44. The third kappa shape index (κ3) is 2.19. The minimum absolute atomic E-state index is 0.0775. The molecule has 3 heteroatoms. The van der Waals surface area contributed by atoms with Crippen LogP contribution in [0.15, 0.2) is 18.2 Å². The molecule has 2 atom stereocenters. The van der Waals surface area contributed by atoms with Gasteiger partial charge in [-0.15, -0.1) is 0 Å². The van der Waals surface area contributed by atoms with Crippen LogP contribution in [0.1, 0.15) is 37.6 Å². The normalized spacial score (nSPS) is 24.1. The zero-order valence-electron chi connectivity index (χ0n) is 10.5. The summed E-state index contributed by atoms with van der Waals surface area (Å²) in [4.78, 5) is 13.6. The average Bonchev–Trinajstić information content (AvgIpc) is 2.57. The molecule has 0 spiro atoms. The summed E-state index contributed by atoms with van der Waals surface area (Å²) in [7, 11) is 0. The lowest BCUT2D eigenvalue weighted by Gasteiger charge is -2.26. The fraction of sp³-hybridized carbons (Fsp3) is 0.500. The molecule has 0 aliphatic carbocycles. The van der Waals surface area contributed by atoms with Crippen molar-refractivity contribution in [1.82, 2.24) is 0 Å². The minimum Gasteiger partial charge on any atom is -0.366 e. The number of hydrogen-bond acceptors (Lipinski definition) is 2. The number of carbonyl (C=O) groups excluding carboxylic acids is 1. The monoisotopic (exact) mass is 235 g/mol. The number of hydrogen-bond donors (Lipinski definition) is 0. The van der Waals surface area contributed by atoms with Crippen molar-refractivity contribution < 1.29 is 9.18 Å². The molecule has 1 saturated heterocycles. The molecule has 0 saturated carbocycles. The maximum absolute atomic E-state index is 14.0. The Morgan fingerprint density at radius 1 is 1.41 bits per heavy atom. The van der Waals surface area contributed by atoms with Gasteiger partial charge in [0.05, 0.1) is 5.69 Å². The maximum Gasteiger partial charge on any atom is 0.161 e. The van der Waals surface area contributed by atoms with E-state index in [2.05, 4.69) is 13.8 Å². The Balaban J connectivity index is 2.47. The number of halogens is 1. The number of nitrogens with zero attached hydrogens (tertiary/aromatic N) is 1. The summed E-state index contributed by atoms with van der Waals surface area (Å²) in [6.07, 6.45) is 1.05. The number of rotatable bonds is 2. The highest BCUT2D eigenvalue weighted by molar-refractivity contribution is 6.00. The number of para-hydroxylation sites is 1. The van der Waals surface area contributed by atoms with Crippen LogP contribution >= 0.6 is 0 Å². The lowest BCUT2D eigenvalue weighted by molar-refractivity contribution is 0.101. The van der Waals surface area contributed by atoms with Crippen molar-refractivity contribution in [2.75, 3.05) is 11.4 Å². The van der Waals surface area contributed by atoms with Crippen LogP contribution in [0.4, 0.5) is 10.1 Å². The topological polar surface area (TPSA) is 20.3 Å². The Morgan fingerprint density at radius 2 is 2.12 bits per heavy atom. The lowest BCUT2D eigenvalue weighted by atomic mass is 10.1. The Kier molecular flexibility index (Phi) is 3.18. The van der Waals surface area contributed by atoms with Gasteiger partial charge in [-0.05, 0) is 38.3 Å². The molecule has 1 heterocycles. The second-order valence-corrected chi connectivity index (χ2v) is 5.03. The zero-order valence-corrected chi connectivity index (χ0v) is 10.5. The molecule has 0 radical (unpaired) electrons. The van der Waals surface area contributed by atoms with E-state index in [1.165, 1.54) is 13.0 Å². The second kappa shape index (κ2) is 4.47. The van der Waals surface area contributed by atoms with Gasteiger partial charge in [0.15, 0.2) is 5.78 Å². The minimum atomic E-state index is -0.293. The Hall–Kier alpha value is -1.38. The molecule has 1 fully saturated rings. The summed E-state index contributed by atoms with van der Waals surface area (Å²) < 4.78 is 14.0. The molecular formula is C14H18FNO. The standard InChI is InChI=1S/C14H18FNO/c1-9-7-10(2)16(8-9)14-12(11(3)17)5-4-6-13(14)15/h4-6,9-10H,7-8H2,1-3H3. The fourth-order valence-corrected chi connectivity index (χ4v) is 2.70. The van der Waals surface area contributed by atoms with E-state index in [4.69, 9.17) is 0 Å². The van der Waals surface area contributed by atoms with Gasteiger partial charge in [0.2, 0.25) is 0 Å². The second-order valence-electron chi connectivity index (χ2n) is 5.03. The molecule has 1 aliphatic heterocycles. The molecule has 92 valence electrons. The van der Waals surface area contributed by atoms with Gasteiger partial charge in [0, 0.05) is 18.2 Å². The summed E-state index contributed by atoms with van der Waals surface area (Å²) in [6.45, 7) is 6.55. The molecule has 1 aromatic rings. The van der Waals surface area contributed by atoms with Gasteiger partial charge in [-0.2, -0.15) is 0 Å². The van der Waals surface area contributed by atoms with Gasteiger partial charge >= 0.3 is 0 Å². The Morgan fingerprint density at radius 3 is 2.65 bits per heavy atom. The number of Topliss-reactive ketones (excluding diaryl/α,β-unsaturated/α-hetero) is 1. The molecule has 2 rings (SSSR count). The van der Waals surface area contributed by atoms with Crippen molar-refractivity contribution >= 4 is 11.5 Å². The molecule has 1 aliphatic rings. The number of anilines is 1. The van der Waals surface area contributed by atoms with E-state index < -0.39 is 0 Å². The van der Waals surface area contributed by atoms with Crippen LogP contribution in [0.3, 0.4) is 0 Å². The molecule has 0 aromatic heterocycles. The SMILES string of the molecule is CC(=O)c1cccc(F)c1N1CC(C)CC1C. The first-order chi connectivity index (χ1) is 8.00. The van der Waals surface area contributed by atoms with Crippen molar-refractivity contribution in [2.24, 2.45) is 5.92 Å². The highest BCUT2D eigenvalue weighted by Gasteiger charge is 2.30. The molecule has 2 nitrogen and oxygen atoms in total. The van der Waals surface area contributed by atoms with Crippen molar-refractivity contribution in [3.05, 3.63) is 29.6 Å². The Bertz CT molecular complexity index is 444. The smallest absolute Gasteiger partial charge is 0.161 e. The van der Waals surface area contributed by atoms with E-state index in [-0.39, 0.29) is 11.6 Å². The zero-order chi connectivity index (χ0) is 12.6. The first-order valence-corrected chi connectivity index (χ1v) is 6.06. The third-order valence-electron chi connectivity index (χ3n) is 3.44. The average molecular weight is 235 g/mol. The number of benzene rings is 1. The van der Waals surface area contributed by atoms with Gasteiger partial charge in [0.1, 0.15) is 5.82 Å². The predicted molar refractivity (Wildman–Crippen MR) is 67.0 cm³/mol. The van der Waals surface area contributed by atoms with Crippen molar-refractivity contribution in [2.45, 2.75) is 33.2 Å². The van der Waals surface area contributed by atoms with Crippen molar-refractivity contribution in [3.8, 4) is 0 Å². The van der Waals surface area contributed by atoms with E-state index in [0.29, 0.717) is 23.2 Å². The Labute approximate surface area is 101 Å². The van der Waals surface area contributed by atoms with Crippen molar-refractivity contribution in [1.29, 1.82) is 0 Å². The molecule has 0 bridgehead atoms. The van der Waals surface area contributed by atoms with Gasteiger partial charge < -0.3 is 4.90 Å². The first kappa shape index (κ1) is 12.1. The van der Waals surface area contributed by atoms with Crippen LogP contribution in [0, 0.1) is 11.7 Å². The quantitative estimate of drug-likeness (QED) is 0.733. The molecular weight excluding hydrogens is 217 g/mol. The van der Waals surface area contributed by atoms with E-state index in [1.807, 2.05) is 4.90 Å². The van der Waals surface area contributed by atoms with Gasteiger partial charge in [0.25, 0.3) is 0 Å².